The predicted octanol–water partition coefficient (Wildman–Crippen LogP) is 1.20. The van der Waals surface area contributed by atoms with Gasteiger partial charge in [0.15, 0.2) is 0 Å². The van der Waals surface area contributed by atoms with Crippen LogP contribution in [-0.4, -0.2) is 43.3 Å². The first-order chi connectivity index (χ1) is 10.4. The normalized spacial score (nSPS) is 17.2. The summed E-state index contributed by atoms with van der Waals surface area (Å²) in [4.78, 5) is 11.8. The molecule has 0 saturated carbocycles. The van der Waals surface area contributed by atoms with Gasteiger partial charge in [0.05, 0.1) is 18.0 Å². The maximum absolute atomic E-state index is 12.6. The summed E-state index contributed by atoms with van der Waals surface area (Å²) in [6, 6.07) is 10.0. The molecule has 1 aliphatic heterocycles. The second-order valence-corrected chi connectivity index (χ2v) is 7.45. The molecule has 2 N–H and O–H groups in total. The molecule has 22 heavy (non-hydrogen) atoms. The number of carbonyl (C=O) groups excluding carboxylic acids is 1. The number of benzene rings is 2. The second kappa shape index (κ2) is 5.51. The van der Waals surface area contributed by atoms with Crippen molar-refractivity contribution in [2.45, 2.75) is 4.90 Å². The molecule has 1 saturated heterocycles. The third-order valence-corrected chi connectivity index (χ3v) is 5.71. The lowest BCUT2D eigenvalue weighted by Gasteiger charge is -2.30. The SMILES string of the molecule is NN1CCN(S(=O)(=O)c2ccc3cc(Cl)ccc3c2)CC1=O. The number of nitrogens with zero attached hydrogens (tertiary/aromatic N) is 2. The van der Waals surface area contributed by atoms with Gasteiger partial charge in [0.2, 0.25) is 10.0 Å². The standard InChI is InChI=1S/C14H14ClN3O3S/c15-12-3-1-11-8-13(4-2-10(11)7-12)22(20,21)17-5-6-18(16)14(19)9-17/h1-4,7-8H,5-6,9,16H2. The predicted molar refractivity (Wildman–Crippen MR) is 83.6 cm³/mol. The van der Waals surface area contributed by atoms with Crippen molar-refractivity contribution < 1.29 is 13.2 Å². The molecule has 116 valence electrons. The number of amides is 1. The largest absolute Gasteiger partial charge is 0.278 e. The van der Waals surface area contributed by atoms with Crippen molar-refractivity contribution in [2.24, 2.45) is 5.84 Å². The minimum absolute atomic E-state index is 0.153. The Morgan fingerprint density at radius 3 is 2.45 bits per heavy atom. The quantitative estimate of drug-likeness (QED) is 0.658. The number of fused-ring (bicyclic) bond motifs is 1. The first-order valence-corrected chi connectivity index (χ1v) is 8.44. The van der Waals surface area contributed by atoms with E-state index < -0.39 is 15.9 Å². The van der Waals surface area contributed by atoms with E-state index in [0.717, 1.165) is 20.1 Å². The Balaban J connectivity index is 1.98. The molecule has 6 nitrogen and oxygen atoms in total. The maximum atomic E-state index is 12.6. The van der Waals surface area contributed by atoms with Crippen LogP contribution in [0.5, 0.6) is 0 Å². The molecule has 1 heterocycles. The van der Waals surface area contributed by atoms with E-state index in [1.165, 1.54) is 6.07 Å². The summed E-state index contributed by atoms with van der Waals surface area (Å²) in [7, 11) is -3.72. The van der Waals surface area contributed by atoms with Gasteiger partial charge in [-0.25, -0.2) is 14.3 Å². The molecule has 8 heteroatoms. The highest BCUT2D eigenvalue weighted by atomic mass is 35.5. The van der Waals surface area contributed by atoms with E-state index >= 15 is 0 Å². The van der Waals surface area contributed by atoms with Gasteiger partial charge in [0.1, 0.15) is 0 Å². The average molecular weight is 340 g/mol. The Morgan fingerprint density at radius 1 is 1.05 bits per heavy atom. The molecule has 3 rings (SSSR count). The van der Waals surface area contributed by atoms with Crippen LogP contribution in [0.15, 0.2) is 41.3 Å². The molecule has 0 bridgehead atoms. The molecule has 0 spiro atoms. The molecule has 0 radical (unpaired) electrons. The van der Waals surface area contributed by atoms with E-state index in [1.54, 1.807) is 30.3 Å². The monoisotopic (exact) mass is 339 g/mol. The van der Waals surface area contributed by atoms with E-state index in [1.807, 2.05) is 0 Å². The summed E-state index contributed by atoms with van der Waals surface area (Å²) >= 11 is 5.92. The summed E-state index contributed by atoms with van der Waals surface area (Å²) in [6.45, 7) is 0.127. The first-order valence-electron chi connectivity index (χ1n) is 6.62. The maximum Gasteiger partial charge on any atom is 0.251 e. The van der Waals surface area contributed by atoms with Gasteiger partial charge >= 0.3 is 0 Å². The molecule has 0 aliphatic carbocycles. The summed E-state index contributed by atoms with van der Waals surface area (Å²) in [5.74, 6) is 5.05. The number of nitrogens with two attached hydrogens (primary N) is 1. The summed E-state index contributed by atoms with van der Waals surface area (Å²) in [6.07, 6.45) is 0. The van der Waals surface area contributed by atoms with Crippen molar-refractivity contribution in [2.75, 3.05) is 19.6 Å². The van der Waals surface area contributed by atoms with Crippen molar-refractivity contribution in [1.29, 1.82) is 0 Å². The highest BCUT2D eigenvalue weighted by Gasteiger charge is 2.31. The lowest BCUT2D eigenvalue weighted by Crippen LogP contribution is -2.54. The molecular formula is C14H14ClN3O3S. The molecular weight excluding hydrogens is 326 g/mol. The Labute approximate surface area is 133 Å². The van der Waals surface area contributed by atoms with Gasteiger partial charge in [0, 0.05) is 11.6 Å². The number of sulfonamides is 1. The fraction of sp³-hybridized carbons (Fsp3) is 0.214. The molecule has 2 aromatic rings. The molecule has 0 atom stereocenters. The van der Waals surface area contributed by atoms with Gasteiger partial charge in [-0.3, -0.25) is 9.80 Å². The lowest BCUT2D eigenvalue weighted by molar-refractivity contribution is -0.134. The average Bonchev–Trinajstić information content (AvgIpc) is 2.49. The molecule has 0 unspecified atom stereocenters. The molecule has 1 amide bonds. The third kappa shape index (κ3) is 2.68. The van der Waals surface area contributed by atoms with E-state index in [0.29, 0.717) is 5.02 Å². The second-order valence-electron chi connectivity index (χ2n) is 5.08. The number of piperazine rings is 1. The fourth-order valence-corrected chi connectivity index (χ4v) is 3.97. The molecule has 0 aromatic heterocycles. The summed E-state index contributed by atoms with van der Waals surface area (Å²) in [5, 5.41) is 3.25. The van der Waals surface area contributed by atoms with Crippen LogP contribution in [0, 0.1) is 0 Å². The Morgan fingerprint density at radius 2 is 1.73 bits per heavy atom. The van der Waals surface area contributed by atoms with Crippen LogP contribution in [0.2, 0.25) is 5.02 Å². The van der Waals surface area contributed by atoms with Crippen LogP contribution in [-0.2, 0) is 14.8 Å². The van der Waals surface area contributed by atoms with Gasteiger partial charge in [0.25, 0.3) is 5.91 Å². The summed E-state index contributed by atoms with van der Waals surface area (Å²) < 4.78 is 26.4. The highest BCUT2D eigenvalue weighted by Crippen LogP contribution is 2.24. The van der Waals surface area contributed by atoms with Crippen LogP contribution >= 0.6 is 11.6 Å². The third-order valence-electron chi connectivity index (χ3n) is 3.63. The zero-order chi connectivity index (χ0) is 15.9. The van der Waals surface area contributed by atoms with Crippen molar-refractivity contribution >= 4 is 38.3 Å². The first kappa shape index (κ1) is 15.2. The van der Waals surface area contributed by atoms with Crippen molar-refractivity contribution in [3.63, 3.8) is 0 Å². The molecule has 1 aliphatic rings. The Hall–Kier alpha value is -1.67. The lowest BCUT2D eigenvalue weighted by atomic mass is 10.1. The van der Waals surface area contributed by atoms with Gasteiger partial charge < -0.3 is 0 Å². The number of halogens is 1. The van der Waals surface area contributed by atoms with E-state index in [2.05, 4.69) is 0 Å². The van der Waals surface area contributed by atoms with Crippen LogP contribution in [0.1, 0.15) is 0 Å². The number of hydrogen-bond acceptors (Lipinski definition) is 4. The summed E-state index contributed by atoms with van der Waals surface area (Å²) in [5.41, 5.74) is 0. The van der Waals surface area contributed by atoms with Gasteiger partial charge in [-0.1, -0.05) is 23.7 Å². The van der Waals surface area contributed by atoms with Gasteiger partial charge in [-0.15, -0.1) is 0 Å². The Kier molecular flexibility index (Phi) is 3.82. The van der Waals surface area contributed by atoms with Gasteiger partial charge in [-0.2, -0.15) is 4.31 Å². The van der Waals surface area contributed by atoms with Crippen LogP contribution in [0.25, 0.3) is 10.8 Å². The van der Waals surface area contributed by atoms with Crippen molar-refractivity contribution in [3.05, 3.63) is 41.4 Å². The van der Waals surface area contributed by atoms with Crippen LogP contribution < -0.4 is 5.84 Å². The number of hydrogen-bond donors (Lipinski definition) is 1. The number of carbonyl (C=O) groups is 1. The zero-order valence-corrected chi connectivity index (χ0v) is 13.1. The Bertz CT molecular complexity index is 854. The zero-order valence-electron chi connectivity index (χ0n) is 11.6. The number of rotatable bonds is 2. The molecule has 1 fully saturated rings. The van der Waals surface area contributed by atoms with Crippen LogP contribution in [0.3, 0.4) is 0 Å². The van der Waals surface area contributed by atoms with E-state index in [4.69, 9.17) is 17.4 Å². The highest BCUT2D eigenvalue weighted by molar-refractivity contribution is 7.89. The number of hydrazine groups is 1. The van der Waals surface area contributed by atoms with E-state index in [9.17, 15) is 13.2 Å². The van der Waals surface area contributed by atoms with E-state index in [-0.39, 0.29) is 24.5 Å². The van der Waals surface area contributed by atoms with Crippen molar-refractivity contribution in [1.82, 2.24) is 9.31 Å². The van der Waals surface area contributed by atoms with Crippen molar-refractivity contribution in [3.8, 4) is 0 Å². The smallest absolute Gasteiger partial charge is 0.251 e. The van der Waals surface area contributed by atoms with Gasteiger partial charge in [-0.05, 0) is 35.0 Å². The molecule has 2 aromatic carbocycles. The minimum atomic E-state index is -3.72. The van der Waals surface area contributed by atoms with Crippen LogP contribution in [0.4, 0.5) is 0 Å². The fourth-order valence-electron chi connectivity index (χ4n) is 2.37. The minimum Gasteiger partial charge on any atom is -0.278 e. The topological polar surface area (TPSA) is 83.7 Å².